The molecule has 0 saturated heterocycles. The molecular weight excluding hydrogens is 370 g/mol. The lowest BCUT2D eigenvalue weighted by molar-refractivity contribution is 0.102. The van der Waals surface area contributed by atoms with E-state index in [4.69, 9.17) is 9.47 Å². The lowest BCUT2D eigenvalue weighted by Gasteiger charge is -2.09. The molecule has 1 amide bonds. The van der Waals surface area contributed by atoms with Crippen molar-refractivity contribution in [2.24, 2.45) is 0 Å². The lowest BCUT2D eigenvalue weighted by Crippen LogP contribution is -2.11. The number of rotatable bonds is 6. The fourth-order valence-electron chi connectivity index (χ4n) is 2.62. The molecular formula is C21H17N5O3. The van der Waals surface area contributed by atoms with Gasteiger partial charge >= 0.3 is 0 Å². The molecule has 8 nitrogen and oxygen atoms in total. The minimum absolute atomic E-state index is 0.224. The van der Waals surface area contributed by atoms with E-state index in [1.165, 1.54) is 6.33 Å². The molecule has 0 fully saturated rings. The average molecular weight is 387 g/mol. The van der Waals surface area contributed by atoms with E-state index >= 15 is 0 Å². The van der Waals surface area contributed by atoms with Gasteiger partial charge in [0.15, 0.2) is 0 Å². The van der Waals surface area contributed by atoms with Crippen LogP contribution in [-0.4, -0.2) is 32.5 Å². The van der Waals surface area contributed by atoms with Gasteiger partial charge in [-0.1, -0.05) is 6.07 Å². The third-order valence-corrected chi connectivity index (χ3v) is 4.06. The summed E-state index contributed by atoms with van der Waals surface area (Å²) in [7, 11) is 1.56. The van der Waals surface area contributed by atoms with E-state index in [2.05, 4.69) is 20.3 Å². The number of aromatic nitrogens is 4. The number of hydrogen-bond acceptors (Lipinski definition) is 6. The van der Waals surface area contributed by atoms with Crippen LogP contribution in [0.25, 0.3) is 5.82 Å². The Bertz CT molecular complexity index is 1110. The summed E-state index contributed by atoms with van der Waals surface area (Å²) in [4.78, 5) is 24.7. The minimum Gasteiger partial charge on any atom is -0.497 e. The Morgan fingerprint density at radius 3 is 2.66 bits per heavy atom. The van der Waals surface area contributed by atoms with E-state index in [0.717, 1.165) is 0 Å². The van der Waals surface area contributed by atoms with Crippen molar-refractivity contribution in [3.8, 4) is 23.2 Å². The van der Waals surface area contributed by atoms with E-state index in [0.29, 0.717) is 34.4 Å². The number of nitrogens with one attached hydrogen (secondary N) is 1. The molecule has 0 aliphatic heterocycles. The average Bonchev–Trinajstić information content (AvgIpc) is 3.30. The SMILES string of the molecule is COc1cccc(C(=O)Nc2ccc(Oc3cc(-n4ccnc4)ncn3)cc2)c1. The largest absolute Gasteiger partial charge is 0.497 e. The minimum atomic E-state index is -0.224. The molecule has 4 rings (SSSR count). The molecule has 0 saturated carbocycles. The normalized spacial score (nSPS) is 10.4. The maximum absolute atomic E-state index is 12.4. The van der Waals surface area contributed by atoms with Crippen LogP contribution in [0.15, 0.2) is 79.6 Å². The predicted molar refractivity (Wildman–Crippen MR) is 107 cm³/mol. The molecule has 0 aliphatic carbocycles. The van der Waals surface area contributed by atoms with Gasteiger partial charge in [-0.3, -0.25) is 9.36 Å². The zero-order valence-electron chi connectivity index (χ0n) is 15.5. The fourth-order valence-corrected chi connectivity index (χ4v) is 2.62. The van der Waals surface area contributed by atoms with Crippen molar-refractivity contribution < 1.29 is 14.3 Å². The molecule has 0 radical (unpaired) electrons. The molecule has 8 heteroatoms. The third-order valence-electron chi connectivity index (χ3n) is 4.06. The summed E-state index contributed by atoms with van der Waals surface area (Å²) in [6, 6.07) is 15.7. The second-order valence-electron chi connectivity index (χ2n) is 6.00. The van der Waals surface area contributed by atoms with Gasteiger partial charge in [-0.05, 0) is 42.5 Å². The van der Waals surface area contributed by atoms with E-state index in [1.54, 1.807) is 85.0 Å². The van der Waals surface area contributed by atoms with E-state index in [-0.39, 0.29) is 5.91 Å². The van der Waals surface area contributed by atoms with E-state index < -0.39 is 0 Å². The van der Waals surface area contributed by atoms with Gasteiger partial charge in [0.25, 0.3) is 5.91 Å². The van der Waals surface area contributed by atoms with Crippen molar-refractivity contribution in [1.29, 1.82) is 0 Å². The Balaban J connectivity index is 1.43. The first kappa shape index (κ1) is 18.2. The molecule has 2 heterocycles. The Morgan fingerprint density at radius 1 is 1.03 bits per heavy atom. The monoisotopic (exact) mass is 387 g/mol. The topological polar surface area (TPSA) is 91.2 Å². The number of carbonyl (C=O) groups excluding carboxylic acids is 1. The van der Waals surface area contributed by atoms with Crippen LogP contribution in [0.2, 0.25) is 0 Å². The first-order valence-electron chi connectivity index (χ1n) is 8.75. The second kappa shape index (κ2) is 8.22. The number of benzene rings is 2. The number of hydrogen-bond donors (Lipinski definition) is 1. The first-order chi connectivity index (χ1) is 14.2. The van der Waals surface area contributed by atoms with Gasteiger partial charge in [-0.15, -0.1) is 0 Å². The first-order valence-corrected chi connectivity index (χ1v) is 8.75. The van der Waals surface area contributed by atoms with Gasteiger partial charge in [0.1, 0.15) is 30.0 Å². The standard InChI is InChI=1S/C21H17N5O3/c1-28-18-4-2-3-15(11-18)21(27)25-16-5-7-17(8-6-16)29-20-12-19(23-13-24-20)26-10-9-22-14-26/h2-14H,1H3,(H,25,27). The quantitative estimate of drug-likeness (QED) is 0.542. The molecule has 29 heavy (non-hydrogen) atoms. The molecule has 2 aromatic carbocycles. The second-order valence-corrected chi connectivity index (χ2v) is 6.00. The number of ether oxygens (including phenoxy) is 2. The highest BCUT2D eigenvalue weighted by molar-refractivity contribution is 6.04. The van der Waals surface area contributed by atoms with Crippen molar-refractivity contribution in [3.63, 3.8) is 0 Å². The predicted octanol–water partition coefficient (Wildman–Crippen LogP) is 3.72. The Kier molecular flexibility index (Phi) is 5.15. The Labute approximate surface area is 166 Å². The summed E-state index contributed by atoms with van der Waals surface area (Å²) >= 11 is 0. The molecule has 0 bridgehead atoms. The molecule has 4 aromatic rings. The van der Waals surface area contributed by atoms with Gasteiger partial charge in [0.05, 0.1) is 7.11 Å². The van der Waals surface area contributed by atoms with Gasteiger partial charge in [-0.2, -0.15) is 0 Å². The Hall–Kier alpha value is -4.20. The fraction of sp³-hybridized carbons (Fsp3) is 0.0476. The van der Waals surface area contributed by atoms with Crippen molar-refractivity contribution in [1.82, 2.24) is 19.5 Å². The van der Waals surface area contributed by atoms with Crippen LogP contribution in [-0.2, 0) is 0 Å². The summed E-state index contributed by atoms with van der Waals surface area (Å²) in [6.45, 7) is 0. The summed E-state index contributed by atoms with van der Waals surface area (Å²) in [5.41, 5.74) is 1.16. The van der Waals surface area contributed by atoms with Crippen LogP contribution in [0.5, 0.6) is 17.4 Å². The maximum Gasteiger partial charge on any atom is 0.255 e. The number of anilines is 1. The van der Waals surface area contributed by atoms with Crippen LogP contribution < -0.4 is 14.8 Å². The molecule has 0 atom stereocenters. The van der Waals surface area contributed by atoms with Gasteiger partial charge < -0.3 is 14.8 Å². The van der Waals surface area contributed by atoms with Crippen LogP contribution >= 0.6 is 0 Å². The number of amides is 1. The number of nitrogens with zero attached hydrogens (tertiary/aromatic N) is 4. The zero-order valence-corrected chi connectivity index (χ0v) is 15.5. The highest BCUT2D eigenvalue weighted by Crippen LogP contribution is 2.23. The highest BCUT2D eigenvalue weighted by atomic mass is 16.5. The van der Waals surface area contributed by atoms with Gasteiger partial charge in [0.2, 0.25) is 5.88 Å². The van der Waals surface area contributed by atoms with Gasteiger partial charge in [0, 0.05) is 29.7 Å². The van der Waals surface area contributed by atoms with Crippen LogP contribution in [0.3, 0.4) is 0 Å². The highest BCUT2D eigenvalue weighted by Gasteiger charge is 2.08. The third kappa shape index (κ3) is 4.38. The van der Waals surface area contributed by atoms with Crippen molar-refractivity contribution in [3.05, 3.63) is 85.2 Å². The van der Waals surface area contributed by atoms with Crippen molar-refractivity contribution >= 4 is 11.6 Å². The summed E-state index contributed by atoms with van der Waals surface area (Å²) in [5, 5.41) is 2.84. The molecule has 2 aromatic heterocycles. The number of methoxy groups -OCH3 is 1. The summed E-state index contributed by atoms with van der Waals surface area (Å²) < 4.78 is 12.7. The lowest BCUT2D eigenvalue weighted by atomic mass is 10.2. The van der Waals surface area contributed by atoms with Crippen LogP contribution in [0, 0.1) is 0 Å². The number of carbonyl (C=O) groups is 1. The smallest absolute Gasteiger partial charge is 0.255 e. The van der Waals surface area contributed by atoms with E-state index in [1.807, 2.05) is 0 Å². The van der Waals surface area contributed by atoms with Crippen molar-refractivity contribution in [2.75, 3.05) is 12.4 Å². The maximum atomic E-state index is 12.4. The van der Waals surface area contributed by atoms with E-state index in [9.17, 15) is 4.79 Å². The van der Waals surface area contributed by atoms with Crippen molar-refractivity contribution in [2.45, 2.75) is 0 Å². The van der Waals surface area contributed by atoms with Crippen LogP contribution in [0.4, 0.5) is 5.69 Å². The molecule has 0 spiro atoms. The zero-order chi connectivity index (χ0) is 20.1. The molecule has 1 N–H and O–H groups in total. The molecule has 144 valence electrons. The van der Waals surface area contributed by atoms with Gasteiger partial charge in [-0.25, -0.2) is 15.0 Å². The Morgan fingerprint density at radius 2 is 1.90 bits per heavy atom. The molecule has 0 aliphatic rings. The summed E-state index contributed by atoms with van der Waals surface area (Å²) in [6.07, 6.45) is 6.52. The number of imidazole rings is 1. The molecule has 0 unspecified atom stereocenters. The summed E-state index contributed by atoms with van der Waals surface area (Å²) in [5.74, 6) is 2.03. The van der Waals surface area contributed by atoms with Crippen LogP contribution in [0.1, 0.15) is 10.4 Å².